The first-order valence-electron chi connectivity index (χ1n) is 5.60. The predicted molar refractivity (Wildman–Crippen MR) is 66.2 cm³/mol. The number of carbonyl (C=O) groups excluding carboxylic acids is 1. The minimum absolute atomic E-state index is 0. The summed E-state index contributed by atoms with van der Waals surface area (Å²) in [6, 6.07) is 11.6. The largest absolute Gasteiger partial charge is 1.00 e. The highest BCUT2D eigenvalue weighted by Gasteiger charge is 2.16. The van der Waals surface area contributed by atoms with Crippen molar-refractivity contribution < 1.29 is 22.9 Å². The normalized spacial score (nSPS) is 11.7. The van der Waals surface area contributed by atoms with Crippen LogP contribution in [0.4, 0.5) is 0 Å². The van der Waals surface area contributed by atoms with Crippen LogP contribution in [0.25, 0.3) is 10.9 Å². The maximum absolute atomic E-state index is 11.4. The molecule has 0 unspecified atom stereocenters. The molecule has 0 bridgehead atoms. The molecule has 1 heterocycles. The second kappa shape index (κ2) is 6.33. The quantitative estimate of drug-likeness (QED) is 0.627. The molecule has 4 nitrogen and oxygen atoms in total. The molecule has 96 valence electrons. The second-order valence-corrected chi connectivity index (χ2v) is 4.01. The summed E-state index contributed by atoms with van der Waals surface area (Å²) in [5.74, 6) is -0.0556. The Kier molecular flexibility index (Phi) is 5.07. The van der Waals surface area contributed by atoms with Crippen LogP contribution >= 0.6 is 0 Å². The summed E-state index contributed by atoms with van der Waals surface area (Å²) in [7, 11) is 1.62. The molecule has 0 saturated carbocycles. The molecule has 0 aliphatic heterocycles. The van der Waals surface area contributed by atoms with E-state index in [0.29, 0.717) is 6.42 Å². The van der Waals surface area contributed by atoms with Crippen molar-refractivity contribution in [3.05, 3.63) is 42.1 Å². The van der Waals surface area contributed by atoms with Crippen LogP contribution in [0.3, 0.4) is 0 Å². The molecule has 1 amide bonds. The molecule has 1 aromatic carbocycles. The van der Waals surface area contributed by atoms with Gasteiger partial charge in [-0.3, -0.25) is 9.78 Å². The van der Waals surface area contributed by atoms with E-state index in [9.17, 15) is 4.79 Å². The number of quaternary nitrogens is 1. The summed E-state index contributed by atoms with van der Waals surface area (Å²) in [4.78, 5) is 15.9. The first-order chi connectivity index (χ1) is 8.20. The van der Waals surface area contributed by atoms with Crippen molar-refractivity contribution in [1.29, 1.82) is 0 Å². The number of likely N-dealkylation sites (N-methyl/N-ethyl adjacent to an activating group) is 1. The third-order valence-corrected chi connectivity index (χ3v) is 2.73. The molecule has 0 radical (unpaired) electrons. The van der Waals surface area contributed by atoms with Gasteiger partial charge in [-0.25, -0.2) is 0 Å². The van der Waals surface area contributed by atoms with E-state index in [-0.39, 0.29) is 24.4 Å². The monoisotopic (exact) mass is 265 g/mol. The van der Waals surface area contributed by atoms with Gasteiger partial charge in [-0.2, -0.15) is 0 Å². The summed E-state index contributed by atoms with van der Waals surface area (Å²) in [6.45, 7) is 0. The summed E-state index contributed by atoms with van der Waals surface area (Å²) in [5.41, 5.74) is 5.68. The van der Waals surface area contributed by atoms with E-state index in [1.54, 1.807) is 7.05 Å². The second-order valence-electron chi connectivity index (χ2n) is 4.01. The number of benzene rings is 1. The SMILES string of the molecule is CNC(=O)[C@@H]([NH3+])Cc1ccc2ccccc2n1.[Cl-]. The van der Waals surface area contributed by atoms with Crippen molar-refractivity contribution in [2.45, 2.75) is 12.5 Å². The van der Waals surface area contributed by atoms with Crippen molar-refractivity contribution >= 4 is 16.8 Å². The van der Waals surface area contributed by atoms with Gasteiger partial charge in [-0.15, -0.1) is 0 Å². The Morgan fingerprint density at radius 1 is 1.33 bits per heavy atom. The van der Waals surface area contributed by atoms with E-state index in [0.717, 1.165) is 16.6 Å². The lowest BCUT2D eigenvalue weighted by Gasteiger charge is -2.07. The number of halogens is 1. The fraction of sp³-hybridized carbons (Fsp3) is 0.231. The fourth-order valence-corrected chi connectivity index (χ4v) is 1.77. The lowest BCUT2D eigenvalue weighted by atomic mass is 10.1. The van der Waals surface area contributed by atoms with Gasteiger partial charge in [0.15, 0.2) is 6.04 Å². The van der Waals surface area contributed by atoms with Crippen LogP contribution in [-0.2, 0) is 11.2 Å². The molecule has 0 aliphatic carbocycles. The number of fused-ring (bicyclic) bond motifs is 1. The number of pyridine rings is 1. The highest BCUT2D eigenvalue weighted by molar-refractivity contribution is 5.81. The van der Waals surface area contributed by atoms with Crippen LogP contribution in [0, 0.1) is 0 Å². The Balaban J connectivity index is 0.00000162. The number of aromatic nitrogens is 1. The number of hydrogen-bond donors (Lipinski definition) is 2. The van der Waals surface area contributed by atoms with Crippen LogP contribution in [0.1, 0.15) is 5.69 Å². The lowest BCUT2D eigenvalue weighted by molar-refractivity contribution is -0.403. The Labute approximate surface area is 112 Å². The standard InChI is InChI=1S/C13H15N3O.ClH/c1-15-13(17)11(14)8-10-7-6-9-4-2-3-5-12(9)16-10;/h2-7,11H,8,14H2,1H3,(H,15,17);1H/t11-;/m0./s1. The highest BCUT2D eigenvalue weighted by atomic mass is 35.5. The molecule has 1 atom stereocenters. The van der Waals surface area contributed by atoms with E-state index in [1.165, 1.54) is 0 Å². The molecule has 1 aromatic heterocycles. The third-order valence-electron chi connectivity index (χ3n) is 2.73. The Morgan fingerprint density at radius 3 is 2.78 bits per heavy atom. The predicted octanol–water partition coefficient (Wildman–Crippen LogP) is -2.86. The Hall–Kier alpha value is -1.65. The molecule has 2 aromatic rings. The number of nitrogens with zero attached hydrogens (tertiary/aromatic N) is 1. The topological polar surface area (TPSA) is 69.6 Å². The van der Waals surface area contributed by atoms with E-state index in [4.69, 9.17) is 0 Å². The number of hydrogen-bond acceptors (Lipinski definition) is 2. The molecular weight excluding hydrogens is 250 g/mol. The van der Waals surface area contributed by atoms with Gasteiger partial charge in [-0.05, 0) is 12.1 Å². The van der Waals surface area contributed by atoms with E-state index >= 15 is 0 Å². The zero-order chi connectivity index (χ0) is 12.3. The van der Waals surface area contributed by atoms with Gasteiger partial charge < -0.3 is 23.5 Å². The molecule has 0 fully saturated rings. The van der Waals surface area contributed by atoms with Gasteiger partial charge >= 0.3 is 0 Å². The first-order valence-corrected chi connectivity index (χ1v) is 5.60. The summed E-state index contributed by atoms with van der Waals surface area (Å²) in [5, 5.41) is 3.70. The molecule has 0 aliphatic rings. The fourth-order valence-electron chi connectivity index (χ4n) is 1.77. The van der Waals surface area contributed by atoms with Crippen molar-refractivity contribution in [2.75, 3.05) is 7.05 Å². The van der Waals surface area contributed by atoms with Crippen LogP contribution in [0.15, 0.2) is 36.4 Å². The minimum atomic E-state index is -0.298. The molecule has 0 spiro atoms. The van der Waals surface area contributed by atoms with Gasteiger partial charge in [0.25, 0.3) is 5.91 Å². The van der Waals surface area contributed by atoms with Gasteiger partial charge in [0.05, 0.1) is 11.9 Å². The van der Waals surface area contributed by atoms with Gasteiger partial charge in [0, 0.05) is 18.1 Å². The zero-order valence-electron chi connectivity index (χ0n) is 10.2. The lowest BCUT2D eigenvalue weighted by Crippen LogP contribution is -3.00. The zero-order valence-corrected chi connectivity index (χ0v) is 10.9. The van der Waals surface area contributed by atoms with Gasteiger partial charge in [0.1, 0.15) is 0 Å². The van der Waals surface area contributed by atoms with Crippen molar-refractivity contribution in [3.63, 3.8) is 0 Å². The third kappa shape index (κ3) is 3.18. The molecular formula is C13H16ClN3O. The van der Waals surface area contributed by atoms with Crippen LogP contribution in [0.5, 0.6) is 0 Å². The molecule has 5 heteroatoms. The van der Waals surface area contributed by atoms with E-state index in [2.05, 4.69) is 16.0 Å². The van der Waals surface area contributed by atoms with E-state index in [1.807, 2.05) is 36.4 Å². The van der Waals surface area contributed by atoms with Crippen LogP contribution in [-0.4, -0.2) is 24.0 Å². The molecule has 18 heavy (non-hydrogen) atoms. The number of para-hydroxylation sites is 1. The molecule has 4 N–H and O–H groups in total. The number of rotatable bonds is 3. The van der Waals surface area contributed by atoms with Crippen LogP contribution in [0.2, 0.25) is 0 Å². The summed E-state index contributed by atoms with van der Waals surface area (Å²) < 4.78 is 0. The van der Waals surface area contributed by atoms with Crippen LogP contribution < -0.4 is 23.5 Å². The minimum Gasteiger partial charge on any atom is -1.00 e. The Bertz CT molecular complexity index is 545. The van der Waals surface area contributed by atoms with Crippen molar-refractivity contribution in [3.8, 4) is 0 Å². The Morgan fingerprint density at radius 2 is 2.06 bits per heavy atom. The number of carbonyl (C=O) groups is 1. The number of amides is 1. The van der Waals surface area contributed by atoms with Gasteiger partial charge in [-0.1, -0.05) is 24.3 Å². The molecule has 0 saturated heterocycles. The summed E-state index contributed by atoms with van der Waals surface area (Å²) in [6.07, 6.45) is 0.560. The highest BCUT2D eigenvalue weighted by Crippen LogP contribution is 2.12. The smallest absolute Gasteiger partial charge is 0.278 e. The average molecular weight is 266 g/mol. The number of nitrogens with one attached hydrogen (secondary N) is 1. The maximum Gasteiger partial charge on any atom is 0.278 e. The maximum atomic E-state index is 11.4. The average Bonchev–Trinajstić information content (AvgIpc) is 2.37. The van der Waals surface area contributed by atoms with Gasteiger partial charge in [0.2, 0.25) is 0 Å². The van der Waals surface area contributed by atoms with Crippen molar-refractivity contribution in [2.24, 2.45) is 0 Å². The van der Waals surface area contributed by atoms with E-state index < -0.39 is 0 Å². The summed E-state index contributed by atoms with van der Waals surface area (Å²) >= 11 is 0. The first kappa shape index (κ1) is 14.4. The molecule has 2 rings (SSSR count). The van der Waals surface area contributed by atoms with Crippen molar-refractivity contribution in [1.82, 2.24) is 10.3 Å².